The molecule has 0 heterocycles. The summed E-state index contributed by atoms with van der Waals surface area (Å²) in [4.78, 5) is 0. The molecule has 1 nitrogen and oxygen atoms in total. The zero-order valence-electron chi connectivity index (χ0n) is 8.29. The van der Waals surface area contributed by atoms with Crippen molar-refractivity contribution in [1.29, 1.82) is 0 Å². The maximum absolute atomic E-state index is 2.27. The normalized spacial score (nSPS) is 20.4. The quantitative estimate of drug-likeness (QED) is 0.473. The fraction of sp³-hybridized carbons (Fsp3) is 0.556. The predicted octanol–water partition coefficient (Wildman–Crippen LogP) is 1.98. The third-order valence-corrected chi connectivity index (χ3v) is 2.93. The summed E-state index contributed by atoms with van der Waals surface area (Å²) in [6.07, 6.45) is 9.87. The molecule has 0 N–H and O–H groups in total. The van der Waals surface area contributed by atoms with Crippen LogP contribution in [0.15, 0.2) is 23.9 Å². The Morgan fingerprint density at radius 3 is 2.75 bits per heavy atom. The maximum Gasteiger partial charge on any atom is 0.231 e. The number of hydrogen-bond acceptors (Lipinski definition) is 2. The third-order valence-electron chi connectivity index (χ3n) is 2.15. The molecule has 0 spiro atoms. The Morgan fingerprint density at radius 1 is 1.58 bits per heavy atom. The zero-order chi connectivity index (χ0) is 9.19. The fourth-order valence-corrected chi connectivity index (χ4v) is 1.70. The van der Waals surface area contributed by atoms with Gasteiger partial charge in [0.2, 0.25) is 7.98 Å². The van der Waals surface area contributed by atoms with E-state index in [0.29, 0.717) is 5.41 Å². The van der Waals surface area contributed by atoms with Crippen molar-refractivity contribution in [2.24, 2.45) is 5.41 Å². The summed E-state index contributed by atoms with van der Waals surface area (Å²) in [5.41, 5.74) is 1.74. The lowest BCUT2D eigenvalue weighted by Gasteiger charge is -2.30. The van der Waals surface area contributed by atoms with Gasteiger partial charge >= 0.3 is 0 Å². The molecule has 0 aromatic heterocycles. The molecule has 0 amide bonds. The summed E-state index contributed by atoms with van der Waals surface area (Å²) in [6.45, 7) is 4.54. The minimum absolute atomic E-state index is 0.327. The maximum atomic E-state index is 2.27. The highest BCUT2D eigenvalue weighted by Crippen LogP contribution is 2.32. The van der Waals surface area contributed by atoms with Crippen LogP contribution in [0.2, 0.25) is 0 Å². The van der Waals surface area contributed by atoms with Gasteiger partial charge in [0.05, 0.1) is 0 Å². The molecule has 3 heteroatoms. The minimum Gasteiger partial charge on any atom is -0.373 e. The lowest BCUT2D eigenvalue weighted by molar-refractivity contribution is 0.450. The first-order chi connectivity index (χ1) is 5.55. The van der Waals surface area contributed by atoms with Gasteiger partial charge in [0, 0.05) is 12.0 Å². The first-order valence-corrected chi connectivity index (χ1v) is 5.39. The van der Waals surface area contributed by atoms with Crippen LogP contribution < -0.4 is 0 Å². The van der Waals surface area contributed by atoms with E-state index < -0.39 is 0 Å². The van der Waals surface area contributed by atoms with Crippen molar-refractivity contribution in [1.82, 2.24) is 4.22 Å². The van der Waals surface area contributed by atoms with E-state index >= 15 is 0 Å². The summed E-state index contributed by atoms with van der Waals surface area (Å²) in [5, 5.41) is 0. The van der Waals surface area contributed by atoms with E-state index in [-0.39, 0.29) is 0 Å². The average molecular weight is 181 g/mol. The van der Waals surface area contributed by atoms with Crippen LogP contribution in [0.1, 0.15) is 20.3 Å². The molecule has 66 valence electrons. The predicted molar refractivity (Wildman–Crippen MR) is 59.5 cm³/mol. The molecule has 0 fully saturated rings. The van der Waals surface area contributed by atoms with Gasteiger partial charge in [-0.05, 0) is 17.9 Å². The molecule has 0 aromatic rings. The van der Waals surface area contributed by atoms with Crippen molar-refractivity contribution in [2.75, 3.05) is 6.26 Å². The lowest BCUT2D eigenvalue weighted by atomic mass is 9.84. The molecule has 0 atom stereocenters. The molecule has 1 aliphatic rings. The molecule has 0 radical (unpaired) electrons. The van der Waals surface area contributed by atoms with E-state index in [1.54, 1.807) is 11.9 Å². The van der Waals surface area contributed by atoms with E-state index in [1.807, 2.05) is 0 Å². The molecular weight excluding hydrogens is 165 g/mol. The molecule has 1 aliphatic carbocycles. The van der Waals surface area contributed by atoms with Gasteiger partial charge in [-0.15, -0.1) is 0 Å². The van der Waals surface area contributed by atoms with Gasteiger partial charge in [0.1, 0.15) is 0 Å². The van der Waals surface area contributed by atoms with Crippen LogP contribution in [-0.4, -0.2) is 18.5 Å². The van der Waals surface area contributed by atoms with Crippen molar-refractivity contribution in [2.45, 2.75) is 20.3 Å². The molecule has 0 aliphatic heterocycles. The second-order valence-electron chi connectivity index (χ2n) is 3.86. The summed E-state index contributed by atoms with van der Waals surface area (Å²) in [6, 6.07) is 0. The monoisotopic (exact) mass is 181 g/mol. The van der Waals surface area contributed by atoms with Crippen LogP contribution in [0.5, 0.6) is 0 Å². The molecule has 0 unspecified atom stereocenters. The lowest BCUT2D eigenvalue weighted by Crippen LogP contribution is -2.19. The van der Waals surface area contributed by atoms with E-state index in [9.17, 15) is 0 Å². The van der Waals surface area contributed by atoms with Crippen molar-refractivity contribution in [3.63, 3.8) is 0 Å². The highest BCUT2D eigenvalue weighted by molar-refractivity contribution is 7.97. The molecule has 0 saturated carbocycles. The highest BCUT2D eigenvalue weighted by atomic mass is 32.2. The van der Waals surface area contributed by atoms with Crippen LogP contribution in [0.4, 0.5) is 0 Å². The van der Waals surface area contributed by atoms with E-state index in [1.165, 1.54) is 5.70 Å². The van der Waals surface area contributed by atoms with Crippen LogP contribution in [0.3, 0.4) is 0 Å². The minimum atomic E-state index is 0.327. The van der Waals surface area contributed by atoms with Gasteiger partial charge in [-0.3, -0.25) is 0 Å². The second kappa shape index (κ2) is 3.61. The summed E-state index contributed by atoms with van der Waals surface area (Å²) >= 11 is 1.76. The van der Waals surface area contributed by atoms with Crippen molar-refractivity contribution in [3.8, 4) is 0 Å². The van der Waals surface area contributed by atoms with Crippen molar-refractivity contribution in [3.05, 3.63) is 23.9 Å². The van der Waals surface area contributed by atoms with E-state index in [0.717, 1.165) is 6.42 Å². The Bertz CT molecular complexity index is 221. The molecule has 0 saturated heterocycles. The van der Waals surface area contributed by atoms with Crippen LogP contribution in [0.25, 0.3) is 0 Å². The van der Waals surface area contributed by atoms with Gasteiger partial charge in [0.25, 0.3) is 0 Å². The largest absolute Gasteiger partial charge is 0.373 e. The second-order valence-corrected chi connectivity index (χ2v) is 4.78. The summed E-state index contributed by atoms with van der Waals surface area (Å²) in [5.74, 6) is 0. The number of nitrogens with zero attached hydrogens (tertiary/aromatic N) is 1. The topological polar surface area (TPSA) is 3.24 Å². The van der Waals surface area contributed by atoms with Gasteiger partial charge in [0.15, 0.2) is 0 Å². The molecule has 12 heavy (non-hydrogen) atoms. The van der Waals surface area contributed by atoms with Crippen molar-refractivity contribution < 1.29 is 0 Å². The summed E-state index contributed by atoms with van der Waals surface area (Å²) < 4.78 is 2.23. The van der Waals surface area contributed by atoms with Crippen molar-refractivity contribution >= 4 is 19.9 Å². The Balaban J connectivity index is 2.69. The smallest absolute Gasteiger partial charge is 0.231 e. The van der Waals surface area contributed by atoms with Crippen LogP contribution in [0, 0.1) is 5.41 Å². The Hall–Kier alpha value is -0.305. The van der Waals surface area contributed by atoms with Gasteiger partial charge in [-0.1, -0.05) is 37.9 Å². The number of allylic oxidation sites excluding steroid dienone is 4. The first-order valence-electron chi connectivity index (χ1n) is 4.21. The van der Waals surface area contributed by atoms with Gasteiger partial charge < -0.3 is 4.22 Å². The van der Waals surface area contributed by atoms with E-state index in [4.69, 9.17) is 0 Å². The van der Waals surface area contributed by atoms with E-state index in [2.05, 4.69) is 50.5 Å². The zero-order valence-corrected chi connectivity index (χ0v) is 9.11. The molecular formula is C9H16BNS. The van der Waals surface area contributed by atoms with Crippen LogP contribution in [-0.2, 0) is 0 Å². The Morgan fingerprint density at radius 2 is 2.25 bits per heavy atom. The highest BCUT2D eigenvalue weighted by Gasteiger charge is 2.19. The number of hydrogen-bond donors (Lipinski definition) is 0. The first kappa shape index (κ1) is 9.78. The Labute approximate surface area is 80.5 Å². The Kier molecular flexibility index (Phi) is 2.94. The van der Waals surface area contributed by atoms with Gasteiger partial charge in [-0.25, -0.2) is 0 Å². The fourth-order valence-electron chi connectivity index (χ4n) is 1.34. The third kappa shape index (κ3) is 2.34. The average Bonchev–Trinajstić information content (AvgIpc) is 2.01. The molecule has 0 bridgehead atoms. The molecule has 1 rings (SSSR count). The number of rotatable bonds is 2. The van der Waals surface area contributed by atoms with Crippen LogP contribution >= 0.6 is 11.9 Å². The summed E-state index contributed by atoms with van der Waals surface area (Å²) in [7, 11) is 2.12. The molecule has 0 aromatic carbocycles. The standard InChI is InChI=1S/C9H16BNS/c1-9(2)6-4-5-8(7-9)11(10)12-3/h4-6H,7,10H2,1-3H3. The SMILES string of the molecule is BN(SC)C1=CC=CC(C)(C)C1. The van der Waals surface area contributed by atoms with Gasteiger partial charge in [-0.2, -0.15) is 0 Å².